The van der Waals surface area contributed by atoms with Gasteiger partial charge in [0.2, 0.25) is 0 Å². The number of hydrogen-bond acceptors (Lipinski definition) is 2. The van der Waals surface area contributed by atoms with Crippen molar-refractivity contribution in [3.8, 4) is 0 Å². The van der Waals surface area contributed by atoms with Gasteiger partial charge in [0, 0.05) is 6.42 Å². The molecule has 74 valence electrons. The van der Waals surface area contributed by atoms with E-state index in [-0.39, 0.29) is 12.1 Å². The standard InChI is InChI=1S/C12H14O2/c1-9-5-2-3-6-10(9)11-7-4-8-12(13)14-11/h2-3,5-6,11H,4,7-8H2,1H3/t11-/m0/s1. The highest BCUT2D eigenvalue weighted by molar-refractivity contribution is 5.70. The van der Waals surface area contributed by atoms with Crippen molar-refractivity contribution in [3.63, 3.8) is 0 Å². The van der Waals surface area contributed by atoms with E-state index in [1.54, 1.807) is 0 Å². The number of carbonyl (C=O) groups is 1. The summed E-state index contributed by atoms with van der Waals surface area (Å²) in [6.07, 6.45) is 2.45. The Balaban J connectivity index is 2.22. The van der Waals surface area contributed by atoms with Gasteiger partial charge in [-0.05, 0) is 30.9 Å². The van der Waals surface area contributed by atoms with Gasteiger partial charge in [0.25, 0.3) is 0 Å². The number of rotatable bonds is 1. The number of benzene rings is 1. The van der Waals surface area contributed by atoms with Crippen molar-refractivity contribution >= 4 is 5.97 Å². The Morgan fingerprint density at radius 2 is 2.14 bits per heavy atom. The molecule has 0 radical (unpaired) electrons. The normalized spacial score (nSPS) is 21.8. The topological polar surface area (TPSA) is 26.3 Å². The van der Waals surface area contributed by atoms with Gasteiger partial charge in [-0.3, -0.25) is 4.79 Å². The Morgan fingerprint density at radius 1 is 1.36 bits per heavy atom. The number of carbonyl (C=O) groups excluding carboxylic acids is 1. The van der Waals surface area contributed by atoms with Crippen LogP contribution in [-0.2, 0) is 9.53 Å². The number of ether oxygens (including phenoxy) is 1. The number of aryl methyl sites for hydroxylation is 1. The summed E-state index contributed by atoms with van der Waals surface area (Å²) in [5.74, 6) is -0.0653. The molecule has 14 heavy (non-hydrogen) atoms. The highest BCUT2D eigenvalue weighted by Gasteiger charge is 2.22. The molecule has 1 aromatic carbocycles. The molecule has 1 heterocycles. The predicted molar refractivity (Wildman–Crippen MR) is 53.9 cm³/mol. The predicted octanol–water partition coefficient (Wildman–Crippen LogP) is 2.76. The Hall–Kier alpha value is -1.31. The molecule has 2 nitrogen and oxygen atoms in total. The van der Waals surface area contributed by atoms with E-state index >= 15 is 0 Å². The fourth-order valence-electron chi connectivity index (χ4n) is 1.88. The van der Waals surface area contributed by atoms with Crippen molar-refractivity contribution in [2.75, 3.05) is 0 Å². The molecule has 0 amide bonds. The zero-order valence-corrected chi connectivity index (χ0v) is 8.32. The summed E-state index contributed by atoms with van der Waals surface area (Å²) < 4.78 is 5.31. The first-order valence-corrected chi connectivity index (χ1v) is 5.02. The summed E-state index contributed by atoms with van der Waals surface area (Å²) >= 11 is 0. The van der Waals surface area contributed by atoms with Crippen LogP contribution in [0.1, 0.15) is 36.5 Å². The van der Waals surface area contributed by atoms with Crippen molar-refractivity contribution in [2.24, 2.45) is 0 Å². The Bertz CT molecular complexity index is 344. The molecule has 0 saturated carbocycles. The molecule has 1 aliphatic rings. The smallest absolute Gasteiger partial charge is 0.306 e. The van der Waals surface area contributed by atoms with Crippen LogP contribution >= 0.6 is 0 Å². The second-order valence-electron chi connectivity index (χ2n) is 3.73. The first-order chi connectivity index (χ1) is 6.77. The largest absolute Gasteiger partial charge is 0.457 e. The second-order valence-corrected chi connectivity index (χ2v) is 3.73. The lowest BCUT2D eigenvalue weighted by molar-refractivity contribution is -0.154. The van der Waals surface area contributed by atoms with Crippen LogP contribution in [-0.4, -0.2) is 5.97 Å². The van der Waals surface area contributed by atoms with Gasteiger partial charge < -0.3 is 4.74 Å². The van der Waals surface area contributed by atoms with Gasteiger partial charge in [-0.1, -0.05) is 24.3 Å². The lowest BCUT2D eigenvalue weighted by Crippen LogP contribution is -2.17. The van der Waals surface area contributed by atoms with Gasteiger partial charge in [0.15, 0.2) is 0 Å². The highest BCUT2D eigenvalue weighted by atomic mass is 16.5. The molecule has 0 aliphatic carbocycles. The summed E-state index contributed by atoms with van der Waals surface area (Å²) in [5.41, 5.74) is 2.35. The summed E-state index contributed by atoms with van der Waals surface area (Å²) in [6.45, 7) is 2.05. The molecule has 1 atom stereocenters. The number of esters is 1. The minimum atomic E-state index is -0.0653. The van der Waals surface area contributed by atoms with Crippen LogP contribution in [0, 0.1) is 6.92 Å². The van der Waals surface area contributed by atoms with E-state index in [0.29, 0.717) is 6.42 Å². The molecule has 0 aromatic heterocycles. The zero-order chi connectivity index (χ0) is 9.97. The minimum Gasteiger partial charge on any atom is -0.457 e. The molecule has 0 spiro atoms. The van der Waals surface area contributed by atoms with Crippen LogP contribution in [0.3, 0.4) is 0 Å². The van der Waals surface area contributed by atoms with Gasteiger partial charge in [-0.2, -0.15) is 0 Å². The molecule has 0 N–H and O–H groups in total. The molecule has 1 saturated heterocycles. The third-order valence-electron chi connectivity index (χ3n) is 2.66. The first kappa shape index (κ1) is 9.25. The van der Waals surface area contributed by atoms with E-state index in [0.717, 1.165) is 18.4 Å². The van der Waals surface area contributed by atoms with Crippen molar-refractivity contribution in [3.05, 3.63) is 35.4 Å². The minimum absolute atomic E-state index is 0.0163. The molecule has 2 rings (SSSR count). The van der Waals surface area contributed by atoms with Crippen LogP contribution in [0.15, 0.2) is 24.3 Å². The van der Waals surface area contributed by atoms with Gasteiger partial charge in [0.1, 0.15) is 6.10 Å². The summed E-state index contributed by atoms with van der Waals surface area (Å²) in [4.78, 5) is 11.1. The van der Waals surface area contributed by atoms with E-state index in [1.807, 2.05) is 18.2 Å². The lowest BCUT2D eigenvalue weighted by atomic mass is 9.97. The Morgan fingerprint density at radius 3 is 2.86 bits per heavy atom. The van der Waals surface area contributed by atoms with Crippen molar-refractivity contribution in [1.82, 2.24) is 0 Å². The third kappa shape index (κ3) is 1.79. The average molecular weight is 190 g/mol. The molecule has 0 bridgehead atoms. The van der Waals surface area contributed by atoms with Crippen molar-refractivity contribution < 1.29 is 9.53 Å². The van der Waals surface area contributed by atoms with Gasteiger partial charge in [0.05, 0.1) is 0 Å². The summed E-state index contributed by atoms with van der Waals surface area (Å²) in [5, 5.41) is 0. The first-order valence-electron chi connectivity index (χ1n) is 5.02. The van der Waals surface area contributed by atoms with E-state index in [4.69, 9.17) is 4.74 Å². The van der Waals surface area contributed by atoms with E-state index in [1.165, 1.54) is 5.56 Å². The molecule has 1 aromatic rings. The number of hydrogen-bond donors (Lipinski definition) is 0. The van der Waals surface area contributed by atoms with Crippen molar-refractivity contribution in [2.45, 2.75) is 32.3 Å². The van der Waals surface area contributed by atoms with Crippen LogP contribution in [0.2, 0.25) is 0 Å². The van der Waals surface area contributed by atoms with Crippen LogP contribution in [0.5, 0.6) is 0 Å². The monoisotopic (exact) mass is 190 g/mol. The summed E-state index contributed by atoms with van der Waals surface area (Å²) in [6, 6.07) is 8.09. The van der Waals surface area contributed by atoms with Gasteiger partial charge in [-0.15, -0.1) is 0 Å². The fourth-order valence-corrected chi connectivity index (χ4v) is 1.88. The van der Waals surface area contributed by atoms with Gasteiger partial charge >= 0.3 is 5.97 Å². The quantitative estimate of drug-likeness (QED) is 0.636. The second kappa shape index (κ2) is 3.82. The zero-order valence-electron chi connectivity index (χ0n) is 8.32. The maximum atomic E-state index is 11.1. The van der Waals surface area contributed by atoms with Crippen LogP contribution in [0.25, 0.3) is 0 Å². The summed E-state index contributed by atoms with van der Waals surface area (Å²) in [7, 11) is 0. The Kier molecular flexibility index (Phi) is 2.53. The van der Waals surface area contributed by atoms with Crippen LogP contribution < -0.4 is 0 Å². The average Bonchev–Trinajstić information content (AvgIpc) is 2.18. The number of cyclic esters (lactones) is 1. The molecular formula is C12H14O2. The SMILES string of the molecule is Cc1ccccc1[C@@H]1CCCC(=O)O1. The van der Waals surface area contributed by atoms with E-state index < -0.39 is 0 Å². The molecule has 1 fully saturated rings. The molecule has 1 aliphatic heterocycles. The molecule has 0 unspecified atom stereocenters. The fraction of sp³-hybridized carbons (Fsp3) is 0.417. The van der Waals surface area contributed by atoms with E-state index in [2.05, 4.69) is 13.0 Å². The van der Waals surface area contributed by atoms with E-state index in [9.17, 15) is 4.79 Å². The van der Waals surface area contributed by atoms with Crippen LogP contribution in [0.4, 0.5) is 0 Å². The van der Waals surface area contributed by atoms with Gasteiger partial charge in [-0.25, -0.2) is 0 Å². The lowest BCUT2D eigenvalue weighted by Gasteiger charge is -2.23. The maximum absolute atomic E-state index is 11.1. The third-order valence-corrected chi connectivity index (χ3v) is 2.66. The molecular weight excluding hydrogens is 176 g/mol. The highest BCUT2D eigenvalue weighted by Crippen LogP contribution is 2.30. The molecule has 2 heteroatoms. The Labute approximate surface area is 83.9 Å². The maximum Gasteiger partial charge on any atom is 0.306 e. The van der Waals surface area contributed by atoms with Crippen molar-refractivity contribution in [1.29, 1.82) is 0 Å².